The Bertz CT molecular complexity index is 517. The molecule has 1 amide bonds. The van der Waals surface area contributed by atoms with E-state index in [1.807, 2.05) is 0 Å². The number of sulfone groups is 1. The predicted octanol–water partition coefficient (Wildman–Crippen LogP) is 1.75. The van der Waals surface area contributed by atoms with Crippen molar-refractivity contribution in [3.05, 3.63) is 0 Å². The molecule has 1 aliphatic carbocycles. The summed E-state index contributed by atoms with van der Waals surface area (Å²) in [6.45, 7) is 2.89. The fourth-order valence-electron chi connectivity index (χ4n) is 3.97. The summed E-state index contributed by atoms with van der Waals surface area (Å²) in [4.78, 5) is 14.6. The minimum absolute atomic E-state index is 0. The number of rotatable bonds is 7. The number of hydrogen-bond donors (Lipinski definition) is 2. The summed E-state index contributed by atoms with van der Waals surface area (Å²) in [6.07, 6.45) is 9.38. The Morgan fingerprint density at radius 1 is 1.15 bits per heavy atom. The van der Waals surface area contributed by atoms with Crippen molar-refractivity contribution in [2.45, 2.75) is 57.4 Å². The largest absolute Gasteiger partial charge is 0.353 e. The molecule has 0 radical (unpaired) electrons. The predicted molar refractivity (Wildman–Crippen MR) is 111 cm³/mol. The fraction of sp³-hybridized carbons (Fsp3) is 0.941. The van der Waals surface area contributed by atoms with Crippen molar-refractivity contribution >= 4 is 40.6 Å². The highest BCUT2D eigenvalue weighted by Gasteiger charge is 2.33. The van der Waals surface area contributed by atoms with Gasteiger partial charge in [0.1, 0.15) is 9.84 Å². The number of nitrogens with two attached hydrogens (primary N) is 1. The number of hydrogen-bond acceptors (Lipinski definition) is 5. The molecule has 3 N–H and O–H groups in total. The zero-order chi connectivity index (χ0) is 17.6. The maximum Gasteiger partial charge on any atom is 0.220 e. The molecule has 26 heavy (non-hydrogen) atoms. The van der Waals surface area contributed by atoms with E-state index in [2.05, 4.69) is 10.2 Å². The molecule has 2 fully saturated rings. The summed E-state index contributed by atoms with van der Waals surface area (Å²) in [5, 5.41) is 3.18. The highest BCUT2D eigenvalue weighted by molar-refractivity contribution is 7.90. The first kappa shape index (κ1) is 25.9. The molecule has 2 aliphatic rings. The molecule has 1 saturated carbocycles. The number of likely N-dealkylation sites (tertiary alicyclic amines) is 1. The minimum Gasteiger partial charge on any atom is -0.353 e. The van der Waals surface area contributed by atoms with Crippen LogP contribution < -0.4 is 11.1 Å². The van der Waals surface area contributed by atoms with Gasteiger partial charge in [0.05, 0.1) is 5.75 Å². The van der Waals surface area contributed by atoms with Crippen LogP contribution >= 0.6 is 24.8 Å². The van der Waals surface area contributed by atoms with Crippen molar-refractivity contribution in [1.29, 1.82) is 0 Å². The molecule has 0 unspecified atom stereocenters. The van der Waals surface area contributed by atoms with Crippen molar-refractivity contribution in [1.82, 2.24) is 10.2 Å². The van der Waals surface area contributed by atoms with Gasteiger partial charge in [-0.25, -0.2) is 8.42 Å². The highest BCUT2D eigenvalue weighted by Crippen LogP contribution is 2.38. The van der Waals surface area contributed by atoms with Gasteiger partial charge in [-0.15, -0.1) is 24.8 Å². The lowest BCUT2D eigenvalue weighted by Gasteiger charge is -2.37. The minimum atomic E-state index is -2.91. The van der Waals surface area contributed by atoms with E-state index >= 15 is 0 Å². The second-order valence-corrected chi connectivity index (χ2v) is 10.0. The summed E-state index contributed by atoms with van der Waals surface area (Å²) in [5.41, 5.74) is 5.98. The van der Waals surface area contributed by atoms with Crippen LogP contribution in [-0.4, -0.2) is 63.5 Å². The zero-order valence-corrected chi connectivity index (χ0v) is 18.2. The lowest BCUT2D eigenvalue weighted by Crippen LogP contribution is -2.47. The van der Waals surface area contributed by atoms with Gasteiger partial charge in [0.2, 0.25) is 5.91 Å². The van der Waals surface area contributed by atoms with Crippen LogP contribution in [-0.2, 0) is 14.6 Å². The molecular weight excluding hydrogens is 397 g/mol. The van der Waals surface area contributed by atoms with Gasteiger partial charge >= 0.3 is 0 Å². The fourth-order valence-corrected chi connectivity index (χ4v) is 4.56. The number of halogens is 2. The number of nitrogens with zero attached hydrogens (tertiary/aromatic N) is 1. The molecule has 0 aromatic heterocycles. The molecule has 1 heterocycles. The number of carbonyl (C=O) groups excluding carboxylic acids is 1. The Morgan fingerprint density at radius 2 is 1.73 bits per heavy atom. The molecule has 0 aromatic carbocycles. The molecule has 0 spiro atoms. The lowest BCUT2D eigenvalue weighted by atomic mass is 9.71. The Kier molecular flexibility index (Phi) is 11.7. The highest BCUT2D eigenvalue weighted by atomic mass is 35.5. The molecule has 0 bridgehead atoms. The Balaban J connectivity index is 0.00000312. The van der Waals surface area contributed by atoms with E-state index < -0.39 is 9.84 Å². The van der Waals surface area contributed by atoms with Crippen molar-refractivity contribution in [3.8, 4) is 0 Å². The van der Waals surface area contributed by atoms with E-state index in [0.29, 0.717) is 19.5 Å². The van der Waals surface area contributed by atoms with Gasteiger partial charge in [-0.1, -0.05) is 19.3 Å². The summed E-state index contributed by atoms with van der Waals surface area (Å²) in [5.74, 6) is 0.347. The molecule has 9 heteroatoms. The third kappa shape index (κ3) is 8.74. The first-order chi connectivity index (χ1) is 11.3. The zero-order valence-electron chi connectivity index (χ0n) is 15.7. The normalized spacial score (nSPS) is 21.3. The first-order valence-corrected chi connectivity index (χ1v) is 11.3. The SMILES string of the molecule is CS(=O)(=O)CCN1CCC(NC(=O)CC2(CN)CCCCC2)CC1.Cl.Cl. The van der Waals surface area contributed by atoms with Gasteiger partial charge in [-0.2, -0.15) is 0 Å². The topological polar surface area (TPSA) is 92.5 Å². The third-order valence-corrected chi connectivity index (χ3v) is 6.54. The van der Waals surface area contributed by atoms with E-state index in [4.69, 9.17) is 5.73 Å². The number of amides is 1. The van der Waals surface area contributed by atoms with E-state index in [9.17, 15) is 13.2 Å². The van der Waals surface area contributed by atoms with Crippen molar-refractivity contribution < 1.29 is 13.2 Å². The van der Waals surface area contributed by atoms with Crippen LogP contribution in [0.25, 0.3) is 0 Å². The summed E-state index contributed by atoms with van der Waals surface area (Å²) in [6, 6.07) is 0.213. The Hall–Kier alpha value is -0.0800. The van der Waals surface area contributed by atoms with Crippen LogP contribution in [0.4, 0.5) is 0 Å². The average Bonchev–Trinajstić information content (AvgIpc) is 2.54. The van der Waals surface area contributed by atoms with Gasteiger partial charge in [0.15, 0.2) is 0 Å². The van der Waals surface area contributed by atoms with E-state index in [-0.39, 0.29) is 47.9 Å². The van der Waals surface area contributed by atoms with Crippen molar-refractivity contribution in [2.75, 3.05) is 38.2 Å². The second kappa shape index (κ2) is 11.7. The van der Waals surface area contributed by atoms with Crippen LogP contribution in [0.2, 0.25) is 0 Å². The van der Waals surface area contributed by atoms with Gasteiger partial charge < -0.3 is 16.0 Å². The molecular formula is C17H35Cl2N3O3S. The lowest BCUT2D eigenvalue weighted by molar-refractivity contribution is -0.124. The summed E-state index contributed by atoms with van der Waals surface area (Å²) >= 11 is 0. The summed E-state index contributed by atoms with van der Waals surface area (Å²) in [7, 11) is -2.91. The van der Waals surface area contributed by atoms with Gasteiger partial charge in [-0.05, 0) is 37.6 Å². The van der Waals surface area contributed by atoms with Gasteiger partial charge in [-0.3, -0.25) is 4.79 Å². The molecule has 1 saturated heterocycles. The number of carbonyl (C=O) groups is 1. The van der Waals surface area contributed by atoms with Crippen LogP contribution in [0, 0.1) is 5.41 Å². The molecule has 0 atom stereocenters. The average molecular weight is 432 g/mol. The van der Waals surface area contributed by atoms with Crippen molar-refractivity contribution in [2.24, 2.45) is 11.1 Å². The van der Waals surface area contributed by atoms with Gasteiger partial charge in [0.25, 0.3) is 0 Å². The Labute approximate surface area is 170 Å². The number of nitrogens with one attached hydrogen (secondary N) is 1. The number of piperidine rings is 1. The van der Waals surface area contributed by atoms with E-state index in [1.54, 1.807) is 0 Å². The van der Waals surface area contributed by atoms with E-state index in [0.717, 1.165) is 38.8 Å². The van der Waals surface area contributed by atoms with Crippen LogP contribution in [0.15, 0.2) is 0 Å². The smallest absolute Gasteiger partial charge is 0.220 e. The Morgan fingerprint density at radius 3 is 2.23 bits per heavy atom. The van der Waals surface area contributed by atoms with Crippen molar-refractivity contribution in [3.63, 3.8) is 0 Å². The quantitative estimate of drug-likeness (QED) is 0.640. The molecule has 2 rings (SSSR count). The van der Waals surface area contributed by atoms with Crippen LogP contribution in [0.5, 0.6) is 0 Å². The van der Waals surface area contributed by atoms with E-state index in [1.165, 1.54) is 25.5 Å². The van der Waals surface area contributed by atoms with Crippen LogP contribution in [0.3, 0.4) is 0 Å². The third-order valence-electron chi connectivity index (χ3n) is 5.61. The second-order valence-electron chi connectivity index (χ2n) is 7.75. The maximum absolute atomic E-state index is 12.4. The van der Waals surface area contributed by atoms with Gasteiger partial charge in [0, 0.05) is 38.4 Å². The summed E-state index contributed by atoms with van der Waals surface area (Å²) < 4.78 is 22.5. The maximum atomic E-state index is 12.4. The molecule has 156 valence electrons. The monoisotopic (exact) mass is 431 g/mol. The molecule has 0 aromatic rings. The molecule has 6 nitrogen and oxygen atoms in total. The molecule has 1 aliphatic heterocycles. The van der Waals surface area contributed by atoms with Crippen LogP contribution in [0.1, 0.15) is 51.4 Å². The first-order valence-electron chi connectivity index (χ1n) is 9.21. The standard InChI is InChI=1S/C17H33N3O3S.2ClH/c1-24(22,23)12-11-20-9-5-15(6-10-20)19-16(21)13-17(14-18)7-3-2-4-8-17;;/h15H,2-14,18H2,1H3,(H,19,21);2*1H.